The van der Waals surface area contributed by atoms with Crippen molar-refractivity contribution in [1.82, 2.24) is 5.01 Å². The quantitative estimate of drug-likeness (QED) is 0.305. The zero-order valence-electron chi connectivity index (χ0n) is 18.3. The molecular weight excluding hydrogens is 588 g/mol. The van der Waals surface area contributed by atoms with E-state index in [2.05, 4.69) is 42.0 Å². The monoisotopic (exact) mass is 606 g/mol. The van der Waals surface area contributed by atoms with E-state index in [0.29, 0.717) is 46.3 Å². The zero-order chi connectivity index (χ0) is 24.2. The molecule has 0 bridgehead atoms. The highest BCUT2D eigenvalue weighted by Crippen LogP contribution is 2.38. The third-order valence-corrected chi connectivity index (χ3v) is 6.94. The van der Waals surface area contributed by atoms with Crippen molar-refractivity contribution in [2.75, 3.05) is 20.3 Å². The molecule has 11 heteroatoms. The minimum atomic E-state index is -0.475. The summed E-state index contributed by atoms with van der Waals surface area (Å²) in [5.41, 5.74) is 0.802. The number of fused-ring (bicyclic) bond motifs is 1. The van der Waals surface area contributed by atoms with Gasteiger partial charge in [0.2, 0.25) is 5.17 Å². The molecule has 2 aromatic rings. The average Bonchev–Trinajstić information content (AvgIpc) is 3.24. The number of amides is 1. The van der Waals surface area contributed by atoms with E-state index in [4.69, 9.17) is 19.6 Å². The number of hydrogen-bond acceptors (Lipinski definition) is 7. The number of hydrogen-bond donors (Lipinski definition) is 1. The molecule has 1 amide bonds. The molecule has 0 saturated carbocycles. The van der Waals surface area contributed by atoms with E-state index < -0.39 is 5.91 Å². The van der Waals surface area contributed by atoms with Crippen molar-refractivity contribution in [1.29, 1.82) is 5.41 Å². The molecule has 2 heterocycles. The van der Waals surface area contributed by atoms with Crippen LogP contribution in [-0.4, -0.2) is 47.3 Å². The van der Waals surface area contributed by atoms with Crippen LogP contribution in [0, 0.1) is 5.41 Å². The number of benzene rings is 2. The van der Waals surface area contributed by atoms with E-state index in [1.807, 2.05) is 31.2 Å². The third kappa shape index (κ3) is 5.37. The molecule has 0 atom stereocenters. The van der Waals surface area contributed by atoms with Crippen LogP contribution >= 0.6 is 43.6 Å². The van der Waals surface area contributed by atoms with Crippen LogP contribution in [0.1, 0.15) is 18.9 Å². The molecule has 0 saturated heterocycles. The van der Waals surface area contributed by atoms with Crippen LogP contribution in [0.5, 0.6) is 17.2 Å². The highest BCUT2D eigenvalue weighted by Gasteiger charge is 2.35. The van der Waals surface area contributed by atoms with Crippen LogP contribution in [-0.2, 0) is 4.79 Å². The topological polar surface area (TPSA) is 96.6 Å². The third-order valence-electron chi connectivity index (χ3n) is 4.77. The van der Waals surface area contributed by atoms with Gasteiger partial charge in [0.15, 0.2) is 17.3 Å². The summed E-state index contributed by atoms with van der Waals surface area (Å²) in [5, 5.41) is 15.4. The number of rotatable bonds is 8. The number of ether oxygens (including phenoxy) is 3. The molecule has 0 radical (unpaired) electrons. The van der Waals surface area contributed by atoms with Crippen LogP contribution in [0.15, 0.2) is 61.0 Å². The minimum absolute atomic E-state index is 0.00791. The Balaban J connectivity index is 1.48. The molecule has 0 aliphatic carbocycles. The molecule has 0 fully saturated rings. The van der Waals surface area contributed by atoms with Crippen molar-refractivity contribution in [3.05, 3.63) is 56.5 Å². The maximum absolute atomic E-state index is 12.6. The van der Waals surface area contributed by atoms with Crippen LogP contribution in [0.2, 0.25) is 0 Å². The molecule has 4 rings (SSSR count). The van der Waals surface area contributed by atoms with Gasteiger partial charge in [-0.15, -0.1) is 0 Å². The highest BCUT2D eigenvalue weighted by molar-refractivity contribution is 9.10. The number of aliphatic imine (C=N–C) groups is 1. The summed E-state index contributed by atoms with van der Waals surface area (Å²) >= 11 is 8.22. The number of nitrogens with zero attached hydrogens (tertiary/aromatic N) is 3. The fourth-order valence-electron chi connectivity index (χ4n) is 3.14. The Morgan fingerprint density at radius 3 is 2.59 bits per heavy atom. The van der Waals surface area contributed by atoms with Gasteiger partial charge in [0.1, 0.15) is 24.0 Å². The number of nitrogens with one attached hydrogen (secondary N) is 1. The molecule has 176 valence electrons. The first kappa shape index (κ1) is 24.5. The van der Waals surface area contributed by atoms with Crippen LogP contribution in [0.25, 0.3) is 6.08 Å². The van der Waals surface area contributed by atoms with E-state index in [1.54, 1.807) is 18.2 Å². The Hall–Kier alpha value is -2.63. The van der Waals surface area contributed by atoms with Crippen molar-refractivity contribution in [2.45, 2.75) is 13.3 Å². The number of carbonyl (C=O) groups is 1. The highest BCUT2D eigenvalue weighted by atomic mass is 79.9. The normalized spacial score (nSPS) is 16.4. The zero-order valence-corrected chi connectivity index (χ0v) is 22.3. The van der Waals surface area contributed by atoms with Gasteiger partial charge in [-0.1, -0.05) is 22.9 Å². The van der Waals surface area contributed by atoms with Gasteiger partial charge in [-0.25, -0.2) is 0 Å². The Kier molecular flexibility index (Phi) is 7.74. The van der Waals surface area contributed by atoms with E-state index >= 15 is 0 Å². The standard InChI is InChI=1S/C23H20Br2N4O4S/c1-3-19-28-29-21(26)16(22(30)27-23(29)34-19)10-13-11-17(25)20(18(12-13)31-2)33-9-8-32-15-6-4-14(24)5-7-15/h4-7,10-12,26H,3,8-9H2,1-2H3. The van der Waals surface area contributed by atoms with Crippen LogP contribution in [0.3, 0.4) is 0 Å². The van der Waals surface area contributed by atoms with Crippen LogP contribution in [0.4, 0.5) is 0 Å². The molecular formula is C23H20Br2N4O4S. The van der Waals surface area contributed by atoms with E-state index in [0.717, 1.165) is 15.3 Å². The Morgan fingerprint density at radius 1 is 1.15 bits per heavy atom. The predicted octanol–water partition coefficient (Wildman–Crippen LogP) is 5.71. The molecule has 2 aliphatic heterocycles. The summed E-state index contributed by atoms with van der Waals surface area (Å²) in [6.45, 7) is 2.62. The van der Waals surface area contributed by atoms with Gasteiger partial charge in [0, 0.05) is 4.47 Å². The summed E-state index contributed by atoms with van der Waals surface area (Å²) in [5.74, 6) is 1.26. The first-order chi connectivity index (χ1) is 16.4. The van der Waals surface area contributed by atoms with Crippen LogP contribution < -0.4 is 14.2 Å². The van der Waals surface area contributed by atoms with Gasteiger partial charge in [-0.05, 0) is 82.2 Å². The molecule has 1 N–H and O–H groups in total. The van der Waals surface area contributed by atoms with Crippen molar-refractivity contribution < 1.29 is 19.0 Å². The Labute approximate surface area is 217 Å². The number of thioether (sulfide) groups is 1. The van der Waals surface area contributed by atoms with Gasteiger partial charge < -0.3 is 14.2 Å². The number of carbonyl (C=O) groups excluding carboxylic acids is 1. The smallest absolute Gasteiger partial charge is 0.283 e. The lowest BCUT2D eigenvalue weighted by atomic mass is 10.1. The molecule has 8 nitrogen and oxygen atoms in total. The Bertz CT molecular complexity index is 1230. The second kappa shape index (κ2) is 10.7. The molecule has 0 aromatic heterocycles. The summed E-state index contributed by atoms with van der Waals surface area (Å²) in [6.07, 6.45) is 2.31. The van der Waals surface area contributed by atoms with Gasteiger partial charge in [0.05, 0.1) is 17.2 Å². The lowest BCUT2D eigenvalue weighted by Gasteiger charge is -2.20. The van der Waals surface area contributed by atoms with Crippen molar-refractivity contribution in [3.8, 4) is 17.2 Å². The van der Waals surface area contributed by atoms with Crippen molar-refractivity contribution in [2.24, 2.45) is 10.1 Å². The summed E-state index contributed by atoms with van der Waals surface area (Å²) in [4.78, 5) is 16.7. The lowest BCUT2D eigenvalue weighted by molar-refractivity contribution is -0.114. The van der Waals surface area contributed by atoms with E-state index in [9.17, 15) is 4.79 Å². The first-order valence-electron chi connectivity index (χ1n) is 10.3. The van der Waals surface area contributed by atoms with E-state index in [-0.39, 0.29) is 11.4 Å². The number of amidine groups is 2. The van der Waals surface area contributed by atoms with Crippen molar-refractivity contribution in [3.63, 3.8) is 0 Å². The van der Waals surface area contributed by atoms with Crippen molar-refractivity contribution >= 4 is 71.7 Å². The van der Waals surface area contributed by atoms with Gasteiger partial charge in [0.25, 0.3) is 5.91 Å². The molecule has 2 aromatic carbocycles. The maximum Gasteiger partial charge on any atom is 0.283 e. The molecule has 2 aliphatic rings. The summed E-state index contributed by atoms with van der Waals surface area (Å²) in [6, 6.07) is 11.1. The second-order valence-corrected chi connectivity index (χ2v) is 9.86. The second-order valence-electron chi connectivity index (χ2n) is 7.05. The fourth-order valence-corrected chi connectivity index (χ4v) is 4.80. The summed E-state index contributed by atoms with van der Waals surface area (Å²) in [7, 11) is 1.54. The SMILES string of the molecule is CCC1=NN2C(=N)C(=Cc3cc(Br)c(OCCOc4ccc(Br)cc4)c(OC)c3)C(=O)N=C2S1. The van der Waals surface area contributed by atoms with Gasteiger partial charge in [-0.3, -0.25) is 10.2 Å². The molecule has 0 spiro atoms. The van der Waals surface area contributed by atoms with E-state index in [1.165, 1.54) is 23.9 Å². The largest absolute Gasteiger partial charge is 0.493 e. The first-order valence-corrected chi connectivity index (χ1v) is 12.7. The summed E-state index contributed by atoms with van der Waals surface area (Å²) < 4.78 is 18.7. The van der Waals surface area contributed by atoms with Gasteiger partial charge in [-0.2, -0.15) is 15.1 Å². The number of halogens is 2. The minimum Gasteiger partial charge on any atom is -0.493 e. The number of hydrazone groups is 1. The average molecular weight is 608 g/mol. The predicted molar refractivity (Wildman–Crippen MR) is 141 cm³/mol. The lowest BCUT2D eigenvalue weighted by Crippen LogP contribution is -2.35. The number of methoxy groups -OCH3 is 1. The fraction of sp³-hybridized carbons (Fsp3) is 0.217. The van der Waals surface area contributed by atoms with Gasteiger partial charge >= 0.3 is 0 Å². The molecule has 34 heavy (non-hydrogen) atoms. The Morgan fingerprint density at radius 2 is 1.88 bits per heavy atom. The molecule has 0 unspecified atom stereocenters. The maximum atomic E-state index is 12.6.